The number of ether oxygens (including phenoxy) is 1. The number of unbranched alkanes of at least 4 members (excludes halogenated alkanes) is 2. The first-order chi connectivity index (χ1) is 14.7. The van der Waals surface area contributed by atoms with Gasteiger partial charge in [0.1, 0.15) is 11.3 Å². The van der Waals surface area contributed by atoms with Crippen LogP contribution in [0.15, 0.2) is 24.3 Å². The number of hydrogen-bond donors (Lipinski definition) is 3. The smallest absolute Gasteiger partial charge is 0.314 e. The van der Waals surface area contributed by atoms with Gasteiger partial charge in [-0.2, -0.15) is 0 Å². The number of para-hydroxylation sites is 1. The zero-order chi connectivity index (χ0) is 21.3. The molecule has 0 aliphatic rings. The monoisotopic (exact) mass is 412 g/mol. The predicted octanol–water partition coefficient (Wildman–Crippen LogP) is 3.24. The van der Waals surface area contributed by atoms with Gasteiger partial charge in [0.15, 0.2) is 5.82 Å². The Bertz CT molecular complexity index is 985. The number of carbonyl (C=O) groups excluding carboxylic acids is 1. The molecule has 0 aliphatic heterocycles. The van der Waals surface area contributed by atoms with Gasteiger partial charge < -0.3 is 25.7 Å². The van der Waals surface area contributed by atoms with E-state index in [9.17, 15) is 4.79 Å². The molecule has 2 aromatic heterocycles. The van der Waals surface area contributed by atoms with E-state index in [2.05, 4.69) is 33.2 Å². The van der Waals surface area contributed by atoms with Crippen LogP contribution in [0.25, 0.3) is 21.9 Å². The van der Waals surface area contributed by atoms with Gasteiger partial charge in [0.2, 0.25) is 0 Å². The number of nitrogens with one attached hydrogen (secondary N) is 2. The summed E-state index contributed by atoms with van der Waals surface area (Å²) in [6.07, 6.45) is 4.56. The van der Waals surface area contributed by atoms with Gasteiger partial charge in [-0.3, -0.25) is 0 Å². The van der Waals surface area contributed by atoms with Crippen molar-refractivity contribution in [2.24, 2.45) is 0 Å². The maximum atomic E-state index is 11.8. The summed E-state index contributed by atoms with van der Waals surface area (Å²) < 4.78 is 7.50. The summed E-state index contributed by atoms with van der Waals surface area (Å²) in [4.78, 5) is 21.1. The van der Waals surface area contributed by atoms with E-state index >= 15 is 0 Å². The first-order valence-electron chi connectivity index (χ1n) is 10.7. The Morgan fingerprint density at radius 3 is 2.67 bits per heavy atom. The fraction of sp³-hybridized carbons (Fsp3) is 0.500. The molecule has 0 aliphatic carbocycles. The van der Waals surface area contributed by atoms with E-state index in [4.69, 9.17) is 15.5 Å². The van der Waals surface area contributed by atoms with Crippen LogP contribution in [0, 0.1) is 0 Å². The molecule has 3 rings (SSSR count). The number of rotatable bonds is 11. The van der Waals surface area contributed by atoms with Gasteiger partial charge in [0.25, 0.3) is 0 Å². The number of nitrogens with two attached hydrogens (primary N) is 1. The minimum atomic E-state index is -0.0952. The Labute approximate surface area is 177 Å². The lowest BCUT2D eigenvalue weighted by Gasteiger charge is -2.11. The molecular weight excluding hydrogens is 380 g/mol. The number of nitrogen functional groups attached to an aromatic ring is 1. The molecule has 0 unspecified atom stereocenters. The van der Waals surface area contributed by atoms with E-state index in [1.54, 1.807) is 7.11 Å². The number of nitrogens with zero attached hydrogens (tertiary/aromatic N) is 3. The molecule has 0 bridgehead atoms. The van der Waals surface area contributed by atoms with Crippen LogP contribution < -0.4 is 16.4 Å². The Morgan fingerprint density at radius 2 is 1.90 bits per heavy atom. The van der Waals surface area contributed by atoms with Gasteiger partial charge in [-0.25, -0.2) is 14.8 Å². The summed E-state index contributed by atoms with van der Waals surface area (Å²) in [5.74, 6) is 1.40. The van der Waals surface area contributed by atoms with Crippen LogP contribution in [-0.2, 0) is 17.7 Å². The van der Waals surface area contributed by atoms with Crippen LogP contribution in [-0.4, -0.2) is 47.4 Å². The third-order valence-electron chi connectivity index (χ3n) is 5.13. The quantitative estimate of drug-likeness (QED) is 0.419. The van der Waals surface area contributed by atoms with Crippen LogP contribution in [0.5, 0.6) is 0 Å². The topological polar surface area (TPSA) is 107 Å². The Balaban J connectivity index is 1.72. The van der Waals surface area contributed by atoms with Gasteiger partial charge in [0, 0.05) is 38.6 Å². The van der Waals surface area contributed by atoms with Crippen molar-refractivity contribution in [1.82, 2.24) is 25.2 Å². The molecule has 0 saturated carbocycles. The molecule has 0 spiro atoms. The number of urea groups is 1. The third kappa shape index (κ3) is 5.18. The number of benzene rings is 1. The molecule has 0 saturated heterocycles. The van der Waals surface area contributed by atoms with E-state index in [0.29, 0.717) is 25.4 Å². The summed E-state index contributed by atoms with van der Waals surface area (Å²) in [6.45, 7) is 4.85. The lowest BCUT2D eigenvalue weighted by molar-refractivity contribution is 0.199. The van der Waals surface area contributed by atoms with Crippen LogP contribution in [0.4, 0.5) is 10.6 Å². The van der Waals surface area contributed by atoms with Gasteiger partial charge >= 0.3 is 6.03 Å². The maximum absolute atomic E-state index is 11.8. The predicted molar refractivity (Wildman–Crippen MR) is 121 cm³/mol. The highest BCUT2D eigenvalue weighted by Gasteiger charge is 2.16. The first kappa shape index (κ1) is 21.8. The molecule has 8 heteroatoms. The third-order valence-corrected chi connectivity index (χ3v) is 5.13. The number of amides is 2. The highest BCUT2D eigenvalue weighted by atomic mass is 16.5. The number of aryl methyl sites for hydroxylation is 1. The first-order valence-corrected chi connectivity index (χ1v) is 10.7. The molecule has 3 aromatic rings. The number of carbonyl (C=O) groups is 1. The fourth-order valence-corrected chi connectivity index (χ4v) is 3.57. The Hall–Kier alpha value is -2.87. The zero-order valence-electron chi connectivity index (χ0n) is 17.9. The summed E-state index contributed by atoms with van der Waals surface area (Å²) in [5.41, 5.74) is 8.85. The number of methoxy groups -OCH3 is 1. The fourth-order valence-electron chi connectivity index (χ4n) is 3.57. The number of fused-ring (bicyclic) bond motifs is 3. The van der Waals surface area contributed by atoms with Gasteiger partial charge in [-0.15, -0.1) is 0 Å². The highest BCUT2D eigenvalue weighted by Crippen LogP contribution is 2.29. The molecule has 4 N–H and O–H groups in total. The summed E-state index contributed by atoms with van der Waals surface area (Å²) in [5, 5.41) is 6.84. The lowest BCUT2D eigenvalue weighted by Crippen LogP contribution is -2.36. The standard InChI is InChI=1S/C22H32N6O2/c1-3-4-12-24-22(29)25-13-7-8-14-28-18(11-15-30-2)27-19-20(28)16-9-5-6-10-17(16)26-21(19)23/h5-6,9-10H,3-4,7-8,11-15H2,1-2H3,(H2,23,26)(H2,24,25,29). The maximum Gasteiger partial charge on any atom is 0.314 e. The average molecular weight is 413 g/mol. The molecule has 162 valence electrons. The van der Waals surface area contributed by atoms with Crippen molar-refractivity contribution in [3.8, 4) is 0 Å². The largest absolute Gasteiger partial charge is 0.384 e. The normalized spacial score (nSPS) is 11.3. The van der Waals surface area contributed by atoms with E-state index in [0.717, 1.165) is 66.5 Å². The van der Waals surface area contributed by atoms with Gasteiger partial charge in [-0.1, -0.05) is 31.5 Å². The van der Waals surface area contributed by atoms with Crippen LogP contribution in [0.3, 0.4) is 0 Å². The van der Waals surface area contributed by atoms with Crippen molar-refractivity contribution in [3.05, 3.63) is 30.1 Å². The SMILES string of the molecule is CCCCNC(=O)NCCCCn1c(CCOC)nc2c(N)nc3ccccc3c21. The van der Waals surface area contributed by atoms with E-state index in [1.807, 2.05) is 18.2 Å². The Kier molecular flexibility index (Phi) is 7.84. The van der Waals surface area contributed by atoms with Crippen molar-refractivity contribution in [3.63, 3.8) is 0 Å². The van der Waals surface area contributed by atoms with Crippen molar-refractivity contribution in [2.45, 2.75) is 45.6 Å². The average Bonchev–Trinajstić information content (AvgIpc) is 3.11. The van der Waals surface area contributed by atoms with E-state index in [-0.39, 0.29) is 6.03 Å². The summed E-state index contributed by atoms with van der Waals surface area (Å²) in [6, 6.07) is 7.90. The lowest BCUT2D eigenvalue weighted by atomic mass is 10.2. The van der Waals surface area contributed by atoms with E-state index in [1.165, 1.54) is 0 Å². The number of hydrogen-bond acceptors (Lipinski definition) is 5. The van der Waals surface area contributed by atoms with Crippen molar-refractivity contribution in [1.29, 1.82) is 0 Å². The van der Waals surface area contributed by atoms with Gasteiger partial charge in [0.05, 0.1) is 17.6 Å². The van der Waals surface area contributed by atoms with Crippen LogP contribution in [0.1, 0.15) is 38.4 Å². The molecule has 8 nitrogen and oxygen atoms in total. The molecule has 30 heavy (non-hydrogen) atoms. The van der Waals surface area contributed by atoms with Gasteiger partial charge in [-0.05, 0) is 25.3 Å². The second-order valence-corrected chi connectivity index (χ2v) is 7.38. The van der Waals surface area contributed by atoms with Crippen molar-refractivity contribution < 1.29 is 9.53 Å². The second kappa shape index (κ2) is 10.8. The molecule has 2 amide bonds. The zero-order valence-corrected chi connectivity index (χ0v) is 17.9. The van der Waals surface area contributed by atoms with Crippen molar-refractivity contribution >= 4 is 33.8 Å². The number of anilines is 1. The molecule has 0 fully saturated rings. The molecule has 0 radical (unpaired) electrons. The summed E-state index contributed by atoms with van der Waals surface area (Å²) in [7, 11) is 1.69. The molecular formula is C22H32N6O2. The van der Waals surface area contributed by atoms with Crippen LogP contribution >= 0.6 is 0 Å². The number of imidazole rings is 1. The Morgan fingerprint density at radius 1 is 1.13 bits per heavy atom. The molecule has 2 heterocycles. The minimum Gasteiger partial charge on any atom is -0.384 e. The minimum absolute atomic E-state index is 0.0952. The van der Waals surface area contributed by atoms with Crippen LogP contribution in [0.2, 0.25) is 0 Å². The van der Waals surface area contributed by atoms with E-state index < -0.39 is 0 Å². The number of aromatic nitrogens is 3. The van der Waals surface area contributed by atoms with Crippen molar-refractivity contribution in [2.75, 3.05) is 32.5 Å². The highest BCUT2D eigenvalue weighted by molar-refractivity contribution is 6.06. The number of pyridine rings is 1. The molecule has 1 aromatic carbocycles. The second-order valence-electron chi connectivity index (χ2n) is 7.38. The summed E-state index contributed by atoms with van der Waals surface area (Å²) >= 11 is 0. The molecule has 0 atom stereocenters.